The summed E-state index contributed by atoms with van der Waals surface area (Å²) in [6.45, 7) is 7.59. The molecule has 1 aromatic rings. The van der Waals surface area contributed by atoms with Crippen molar-refractivity contribution in [3.8, 4) is 0 Å². The van der Waals surface area contributed by atoms with E-state index < -0.39 is 0 Å². The first-order valence-electron chi connectivity index (χ1n) is 7.31. The van der Waals surface area contributed by atoms with E-state index in [2.05, 4.69) is 39.8 Å². The molecule has 106 valence electrons. The highest BCUT2D eigenvalue weighted by Crippen LogP contribution is 2.14. The van der Waals surface area contributed by atoms with Gasteiger partial charge in [0, 0.05) is 18.7 Å². The SMILES string of the molecule is CCC(C)Nc1cc(NCC2CCNCC2)ncn1. The Kier molecular flexibility index (Phi) is 5.39. The van der Waals surface area contributed by atoms with E-state index in [1.807, 2.05) is 6.07 Å². The van der Waals surface area contributed by atoms with Gasteiger partial charge in [0.1, 0.15) is 18.0 Å². The van der Waals surface area contributed by atoms with E-state index in [4.69, 9.17) is 0 Å². The molecule has 1 aromatic heterocycles. The van der Waals surface area contributed by atoms with Gasteiger partial charge < -0.3 is 16.0 Å². The second-order valence-electron chi connectivity index (χ2n) is 5.32. The Bertz CT molecular complexity index is 376. The highest BCUT2D eigenvalue weighted by molar-refractivity contribution is 5.46. The number of anilines is 2. The smallest absolute Gasteiger partial charge is 0.131 e. The fourth-order valence-electron chi connectivity index (χ4n) is 2.22. The molecule has 19 heavy (non-hydrogen) atoms. The summed E-state index contributed by atoms with van der Waals surface area (Å²) in [7, 11) is 0. The number of hydrogen-bond acceptors (Lipinski definition) is 5. The van der Waals surface area contributed by atoms with Crippen molar-refractivity contribution in [3.05, 3.63) is 12.4 Å². The first kappa shape index (κ1) is 14.1. The Balaban J connectivity index is 1.84. The molecule has 3 N–H and O–H groups in total. The van der Waals surface area contributed by atoms with Crippen LogP contribution in [0.4, 0.5) is 11.6 Å². The van der Waals surface area contributed by atoms with Gasteiger partial charge in [-0.05, 0) is 45.2 Å². The van der Waals surface area contributed by atoms with Crippen LogP contribution in [-0.4, -0.2) is 35.6 Å². The molecule has 0 aliphatic carbocycles. The van der Waals surface area contributed by atoms with E-state index in [-0.39, 0.29) is 0 Å². The first-order valence-corrected chi connectivity index (χ1v) is 7.31. The molecule has 5 heteroatoms. The van der Waals surface area contributed by atoms with Crippen LogP contribution in [0.25, 0.3) is 0 Å². The van der Waals surface area contributed by atoms with Gasteiger partial charge in [0.25, 0.3) is 0 Å². The number of hydrogen-bond donors (Lipinski definition) is 3. The highest BCUT2D eigenvalue weighted by Gasteiger charge is 2.12. The molecule has 1 aliphatic heterocycles. The summed E-state index contributed by atoms with van der Waals surface area (Å²) in [5.41, 5.74) is 0. The summed E-state index contributed by atoms with van der Waals surface area (Å²) in [6.07, 6.45) is 5.20. The molecule has 0 spiro atoms. The maximum absolute atomic E-state index is 4.28. The van der Waals surface area contributed by atoms with Crippen molar-refractivity contribution in [2.45, 2.75) is 39.2 Å². The molecule has 1 atom stereocenters. The van der Waals surface area contributed by atoms with E-state index in [0.717, 1.165) is 43.6 Å². The van der Waals surface area contributed by atoms with Crippen LogP contribution in [0.1, 0.15) is 33.1 Å². The third-order valence-electron chi connectivity index (χ3n) is 3.70. The molecule has 0 radical (unpaired) electrons. The number of piperidine rings is 1. The zero-order valence-electron chi connectivity index (χ0n) is 11.9. The molecule has 5 nitrogen and oxygen atoms in total. The zero-order chi connectivity index (χ0) is 13.5. The van der Waals surface area contributed by atoms with Crippen LogP contribution >= 0.6 is 0 Å². The van der Waals surface area contributed by atoms with Gasteiger partial charge in [-0.25, -0.2) is 9.97 Å². The normalized spacial score (nSPS) is 18.0. The molecule has 2 heterocycles. The van der Waals surface area contributed by atoms with Crippen molar-refractivity contribution >= 4 is 11.6 Å². The molecule has 0 saturated carbocycles. The van der Waals surface area contributed by atoms with Crippen molar-refractivity contribution in [1.29, 1.82) is 0 Å². The fraction of sp³-hybridized carbons (Fsp3) is 0.714. The predicted octanol–water partition coefficient (Wildman–Crippen LogP) is 2.10. The lowest BCUT2D eigenvalue weighted by molar-refractivity contribution is 0.389. The molecule has 0 bridgehead atoms. The summed E-state index contributed by atoms with van der Waals surface area (Å²) in [5.74, 6) is 2.57. The van der Waals surface area contributed by atoms with Gasteiger partial charge in [0.15, 0.2) is 0 Å². The minimum absolute atomic E-state index is 0.437. The largest absolute Gasteiger partial charge is 0.370 e. The second kappa shape index (κ2) is 7.28. The molecule has 1 saturated heterocycles. The first-order chi connectivity index (χ1) is 9.28. The molecule has 1 fully saturated rings. The molecule has 2 rings (SSSR count). The lowest BCUT2D eigenvalue weighted by atomic mass is 9.98. The molecule has 1 unspecified atom stereocenters. The second-order valence-corrected chi connectivity index (χ2v) is 5.32. The molecular formula is C14H25N5. The number of rotatable bonds is 6. The Morgan fingerprint density at radius 1 is 1.32 bits per heavy atom. The monoisotopic (exact) mass is 263 g/mol. The molecule has 0 amide bonds. The maximum Gasteiger partial charge on any atom is 0.131 e. The fourth-order valence-corrected chi connectivity index (χ4v) is 2.22. The van der Waals surface area contributed by atoms with Gasteiger partial charge in [-0.15, -0.1) is 0 Å². The van der Waals surface area contributed by atoms with E-state index in [1.165, 1.54) is 12.8 Å². The maximum atomic E-state index is 4.28. The average Bonchev–Trinajstić information content (AvgIpc) is 2.46. The minimum atomic E-state index is 0.437. The van der Waals surface area contributed by atoms with Gasteiger partial charge >= 0.3 is 0 Å². The van der Waals surface area contributed by atoms with Gasteiger partial charge in [-0.3, -0.25) is 0 Å². The number of aromatic nitrogens is 2. The quantitative estimate of drug-likeness (QED) is 0.733. The van der Waals surface area contributed by atoms with Crippen molar-refractivity contribution < 1.29 is 0 Å². The van der Waals surface area contributed by atoms with E-state index in [1.54, 1.807) is 6.33 Å². The lowest BCUT2D eigenvalue weighted by Gasteiger charge is -2.23. The minimum Gasteiger partial charge on any atom is -0.370 e. The number of nitrogens with zero attached hydrogens (tertiary/aromatic N) is 2. The van der Waals surface area contributed by atoms with E-state index >= 15 is 0 Å². The third kappa shape index (κ3) is 4.67. The Hall–Kier alpha value is -1.36. The average molecular weight is 263 g/mol. The number of nitrogens with one attached hydrogen (secondary N) is 3. The van der Waals surface area contributed by atoms with Crippen LogP contribution in [0.2, 0.25) is 0 Å². The van der Waals surface area contributed by atoms with Crippen LogP contribution in [0.3, 0.4) is 0 Å². The van der Waals surface area contributed by atoms with Crippen molar-refractivity contribution in [2.75, 3.05) is 30.3 Å². The van der Waals surface area contributed by atoms with Crippen LogP contribution in [0, 0.1) is 5.92 Å². The Labute approximate surface area is 115 Å². The lowest BCUT2D eigenvalue weighted by Crippen LogP contribution is -2.31. The van der Waals surface area contributed by atoms with Crippen molar-refractivity contribution in [3.63, 3.8) is 0 Å². The van der Waals surface area contributed by atoms with Gasteiger partial charge in [0.2, 0.25) is 0 Å². The highest BCUT2D eigenvalue weighted by atomic mass is 15.1. The van der Waals surface area contributed by atoms with Crippen LogP contribution in [0.15, 0.2) is 12.4 Å². The molecular weight excluding hydrogens is 238 g/mol. The summed E-state index contributed by atoms with van der Waals surface area (Å²) in [6, 6.07) is 2.43. The Morgan fingerprint density at radius 2 is 2.05 bits per heavy atom. The summed E-state index contributed by atoms with van der Waals surface area (Å²) in [4.78, 5) is 8.53. The third-order valence-corrected chi connectivity index (χ3v) is 3.70. The van der Waals surface area contributed by atoms with Crippen LogP contribution in [-0.2, 0) is 0 Å². The predicted molar refractivity (Wildman–Crippen MR) is 79.5 cm³/mol. The van der Waals surface area contributed by atoms with Crippen molar-refractivity contribution in [2.24, 2.45) is 5.92 Å². The summed E-state index contributed by atoms with van der Waals surface area (Å²) >= 11 is 0. The van der Waals surface area contributed by atoms with Gasteiger partial charge in [0.05, 0.1) is 0 Å². The van der Waals surface area contributed by atoms with Crippen LogP contribution < -0.4 is 16.0 Å². The van der Waals surface area contributed by atoms with Crippen molar-refractivity contribution in [1.82, 2.24) is 15.3 Å². The van der Waals surface area contributed by atoms with E-state index in [9.17, 15) is 0 Å². The van der Waals surface area contributed by atoms with Gasteiger partial charge in [-0.2, -0.15) is 0 Å². The summed E-state index contributed by atoms with van der Waals surface area (Å²) < 4.78 is 0. The molecule has 1 aliphatic rings. The standard InChI is InChI=1S/C14H25N5/c1-3-11(2)19-14-8-13(17-10-18-14)16-9-12-4-6-15-7-5-12/h8,10-12,15H,3-7,9H2,1-2H3,(H2,16,17,18,19). The Morgan fingerprint density at radius 3 is 2.79 bits per heavy atom. The van der Waals surface area contributed by atoms with Gasteiger partial charge in [-0.1, -0.05) is 6.92 Å². The molecule has 0 aromatic carbocycles. The van der Waals surface area contributed by atoms with E-state index in [0.29, 0.717) is 6.04 Å². The van der Waals surface area contributed by atoms with Crippen LogP contribution in [0.5, 0.6) is 0 Å². The topological polar surface area (TPSA) is 61.9 Å². The summed E-state index contributed by atoms with van der Waals surface area (Å²) in [5, 5.41) is 10.2. The zero-order valence-corrected chi connectivity index (χ0v) is 11.9.